The third-order valence-electron chi connectivity index (χ3n) is 3.16. The van der Waals surface area contributed by atoms with E-state index in [0.717, 1.165) is 18.7 Å². The van der Waals surface area contributed by atoms with Crippen molar-refractivity contribution in [2.24, 2.45) is 16.6 Å². The highest BCUT2D eigenvalue weighted by molar-refractivity contribution is 5.78. The first kappa shape index (κ1) is 15.0. The minimum Gasteiger partial charge on any atom is -0.370 e. The summed E-state index contributed by atoms with van der Waals surface area (Å²) >= 11 is 0. The molecule has 1 unspecified atom stereocenters. The fourth-order valence-corrected chi connectivity index (χ4v) is 2.19. The molecule has 0 spiro atoms. The highest BCUT2D eigenvalue weighted by Crippen LogP contribution is 2.10. The van der Waals surface area contributed by atoms with Crippen LogP contribution < -0.4 is 11.1 Å². The van der Waals surface area contributed by atoms with Gasteiger partial charge in [-0.05, 0) is 38.8 Å². The number of guanidine groups is 1. The number of likely N-dealkylation sites (tertiary alicyclic amines) is 1. The molecule has 1 rings (SSSR count). The number of nitrogens with one attached hydrogen (secondary N) is 1. The Morgan fingerprint density at radius 1 is 1.39 bits per heavy atom. The molecule has 0 aliphatic carbocycles. The lowest BCUT2D eigenvalue weighted by Crippen LogP contribution is -2.36. The van der Waals surface area contributed by atoms with Gasteiger partial charge < -0.3 is 16.0 Å². The lowest BCUT2D eigenvalue weighted by atomic mass is 10.1. The maximum atomic E-state index is 5.79. The molecular formula is C14H28N4. The van der Waals surface area contributed by atoms with Crippen LogP contribution in [0, 0.1) is 5.92 Å². The molecular weight excluding hydrogens is 224 g/mol. The van der Waals surface area contributed by atoms with Crippen molar-refractivity contribution < 1.29 is 0 Å². The molecule has 0 aromatic carbocycles. The summed E-state index contributed by atoms with van der Waals surface area (Å²) in [5.74, 6) is 1.09. The molecule has 0 aromatic rings. The Hall–Kier alpha value is -1.03. The van der Waals surface area contributed by atoms with Crippen LogP contribution in [0.15, 0.2) is 17.1 Å². The number of hydrogen-bond acceptors (Lipinski definition) is 2. The van der Waals surface area contributed by atoms with Crippen molar-refractivity contribution in [3.63, 3.8) is 0 Å². The molecule has 1 aliphatic heterocycles. The minimum absolute atomic E-state index is 0.531. The third-order valence-corrected chi connectivity index (χ3v) is 3.16. The Balaban J connectivity index is 2.19. The number of piperidine rings is 1. The SMILES string of the molecule is C=C(C)CNC(N)=NCC(C)CN1CCCCC1. The van der Waals surface area contributed by atoms with Gasteiger partial charge in [-0.2, -0.15) is 0 Å². The maximum absolute atomic E-state index is 5.79. The van der Waals surface area contributed by atoms with Crippen molar-refractivity contribution in [3.05, 3.63) is 12.2 Å². The normalized spacial score (nSPS) is 19.6. The van der Waals surface area contributed by atoms with Gasteiger partial charge in [-0.25, -0.2) is 0 Å². The predicted molar refractivity (Wildman–Crippen MR) is 78.8 cm³/mol. The molecule has 4 nitrogen and oxygen atoms in total. The van der Waals surface area contributed by atoms with Gasteiger partial charge >= 0.3 is 0 Å². The van der Waals surface area contributed by atoms with Crippen LogP contribution in [0.3, 0.4) is 0 Å². The van der Waals surface area contributed by atoms with Crippen LogP contribution in [0.1, 0.15) is 33.1 Å². The highest BCUT2D eigenvalue weighted by Gasteiger charge is 2.12. The second kappa shape index (κ2) is 8.14. The summed E-state index contributed by atoms with van der Waals surface area (Å²) in [6, 6.07) is 0. The number of aliphatic imine (C=N–C) groups is 1. The Morgan fingerprint density at radius 3 is 2.67 bits per heavy atom. The molecule has 0 radical (unpaired) electrons. The highest BCUT2D eigenvalue weighted by atomic mass is 15.1. The lowest BCUT2D eigenvalue weighted by molar-refractivity contribution is 0.203. The molecule has 1 aliphatic rings. The summed E-state index contributed by atoms with van der Waals surface area (Å²) in [6.45, 7) is 13.2. The second-order valence-electron chi connectivity index (χ2n) is 5.50. The van der Waals surface area contributed by atoms with Gasteiger partial charge in [0.2, 0.25) is 0 Å². The molecule has 18 heavy (non-hydrogen) atoms. The summed E-state index contributed by atoms with van der Waals surface area (Å²) in [5.41, 5.74) is 6.85. The van der Waals surface area contributed by atoms with Crippen LogP contribution in [-0.4, -0.2) is 43.6 Å². The maximum Gasteiger partial charge on any atom is 0.188 e. The molecule has 0 amide bonds. The lowest BCUT2D eigenvalue weighted by Gasteiger charge is -2.28. The van der Waals surface area contributed by atoms with Gasteiger partial charge in [0, 0.05) is 19.6 Å². The zero-order valence-corrected chi connectivity index (χ0v) is 11.9. The largest absolute Gasteiger partial charge is 0.370 e. The predicted octanol–water partition coefficient (Wildman–Crippen LogP) is 1.59. The van der Waals surface area contributed by atoms with E-state index in [1.54, 1.807) is 0 Å². The summed E-state index contributed by atoms with van der Waals surface area (Å²) in [6.07, 6.45) is 4.08. The Labute approximate surface area is 111 Å². The van der Waals surface area contributed by atoms with E-state index in [1.807, 2.05) is 6.92 Å². The van der Waals surface area contributed by atoms with Crippen molar-refractivity contribution in [1.82, 2.24) is 10.2 Å². The molecule has 1 atom stereocenters. The summed E-state index contributed by atoms with van der Waals surface area (Å²) in [5, 5.41) is 3.06. The first-order valence-electron chi connectivity index (χ1n) is 6.98. The van der Waals surface area contributed by atoms with Crippen LogP contribution in [0.2, 0.25) is 0 Å². The molecule has 104 valence electrons. The summed E-state index contributed by atoms with van der Waals surface area (Å²) in [7, 11) is 0. The first-order valence-corrected chi connectivity index (χ1v) is 6.98. The molecule has 0 saturated carbocycles. The van der Waals surface area contributed by atoms with Gasteiger partial charge in [-0.1, -0.05) is 25.5 Å². The molecule has 0 bridgehead atoms. The molecule has 1 saturated heterocycles. The van der Waals surface area contributed by atoms with Gasteiger partial charge in [0.15, 0.2) is 5.96 Å². The molecule has 4 heteroatoms. The third kappa shape index (κ3) is 6.64. The van der Waals surface area contributed by atoms with Crippen LogP contribution >= 0.6 is 0 Å². The second-order valence-corrected chi connectivity index (χ2v) is 5.50. The van der Waals surface area contributed by atoms with Crippen LogP contribution in [0.25, 0.3) is 0 Å². The average molecular weight is 252 g/mol. The van der Waals surface area contributed by atoms with Gasteiger partial charge in [0.05, 0.1) is 0 Å². The van der Waals surface area contributed by atoms with Gasteiger partial charge in [0.1, 0.15) is 0 Å². The van der Waals surface area contributed by atoms with E-state index >= 15 is 0 Å². The van der Waals surface area contributed by atoms with E-state index in [0.29, 0.717) is 18.4 Å². The molecule has 1 heterocycles. The Bertz CT molecular complexity index is 280. The first-order chi connectivity index (χ1) is 8.58. The zero-order valence-electron chi connectivity index (χ0n) is 11.9. The standard InChI is InChI=1S/C14H28N4/c1-12(2)9-16-14(15)17-10-13(3)11-18-7-5-4-6-8-18/h13H,1,4-11H2,2-3H3,(H3,15,16,17). The molecule has 1 fully saturated rings. The zero-order chi connectivity index (χ0) is 13.4. The summed E-state index contributed by atoms with van der Waals surface area (Å²) < 4.78 is 0. The Kier molecular flexibility index (Phi) is 6.80. The van der Waals surface area contributed by atoms with E-state index in [1.165, 1.54) is 32.4 Å². The number of hydrogen-bond donors (Lipinski definition) is 2. The van der Waals surface area contributed by atoms with Crippen LogP contribution in [0.4, 0.5) is 0 Å². The van der Waals surface area contributed by atoms with Crippen molar-refractivity contribution in [2.75, 3.05) is 32.7 Å². The van der Waals surface area contributed by atoms with Crippen LogP contribution in [-0.2, 0) is 0 Å². The number of nitrogens with zero attached hydrogens (tertiary/aromatic N) is 2. The van der Waals surface area contributed by atoms with Crippen molar-refractivity contribution in [2.45, 2.75) is 33.1 Å². The average Bonchev–Trinajstić information content (AvgIpc) is 2.35. The van der Waals surface area contributed by atoms with Crippen LogP contribution in [0.5, 0.6) is 0 Å². The van der Waals surface area contributed by atoms with Crippen molar-refractivity contribution in [3.8, 4) is 0 Å². The summed E-state index contributed by atoms with van der Waals surface area (Å²) in [4.78, 5) is 6.92. The molecule has 0 aromatic heterocycles. The van der Waals surface area contributed by atoms with Crippen molar-refractivity contribution in [1.29, 1.82) is 0 Å². The van der Waals surface area contributed by atoms with Gasteiger partial charge in [-0.3, -0.25) is 4.99 Å². The van der Waals surface area contributed by atoms with Gasteiger partial charge in [0.25, 0.3) is 0 Å². The van der Waals surface area contributed by atoms with Gasteiger partial charge in [-0.15, -0.1) is 0 Å². The van der Waals surface area contributed by atoms with E-state index in [9.17, 15) is 0 Å². The van der Waals surface area contributed by atoms with E-state index < -0.39 is 0 Å². The quantitative estimate of drug-likeness (QED) is 0.429. The smallest absolute Gasteiger partial charge is 0.188 e. The number of nitrogens with two attached hydrogens (primary N) is 1. The Morgan fingerprint density at radius 2 is 2.06 bits per heavy atom. The fourth-order valence-electron chi connectivity index (χ4n) is 2.19. The van der Waals surface area contributed by atoms with E-state index in [4.69, 9.17) is 5.73 Å². The minimum atomic E-state index is 0.531. The number of rotatable bonds is 6. The van der Waals surface area contributed by atoms with Crippen molar-refractivity contribution >= 4 is 5.96 Å². The monoisotopic (exact) mass is 252 g/mol. The molecule has 3 N–H and O–H groups in total. The topological polar surface area (TPSA) is 53.6 Å². The van der Waals surface area contributed by atoms with E-state index in [-0.39, 0.29) is 0 Å². The fraction of sp³-hybridized carbons (Fsp3) is 0.786. The van der Waals surface area contributed by atoms with E-state index in [2.05, 4.69) is 28.7 Å².